The molecule has 0 fully saturated rings. The van der Waals surface area contributed by atoms with Gasteiger partial charge in [-0.3, -0.25) is 5.10 Å². The highest BCUT2D eigenvalue weighted by Gasteiger charge is 2.14. The molecule has 0 aliphatic heterocycles. The molecule has 18 heavy (non-hydrogen) atoms. The Morgan fingerprint density at radius 2 is 2.00 bits per heavy atom. The molecule has 0 amide bonds. The number of halogens is 2. The molecule has 5 heteroatoms. The molecule has 2 atom stereocenters. The number of hydrogen-bond acceptors (Lipinski definition) is 2. The monoisotopic (exact) mass is 283 g/mol. The number of hydrogen-bond donors (Lipinski definition) is 2. The van der Waals surface area contributed by atoms with E-state index >= 15 is 0 Å². The van der Waals surface area contributed by atoms with Crippen molar-refractivity contribution < 1.29 is 0 Å². The van der Waals surface area contributed by atoms with Crippen LogP contribution >= 0.6 is 23.2 Å². The maximum Gasteiger partial charge on any atom is 0.0534 e. The fourth-order valence-electron chi connectivity index (χ4n) is 1.91. The fraction of sp³-hybridized carbons (Fsp3) is 0.308. The lowest BCUT2D eigenvalue weighted by Crippen LogP contribution is -2.22. The second-order valence-corrected chi connectivity index (χ2v) is 5.15. The standard InChI is InChI=1S/C13H15Cl2N3/c1-8(10-6-16-17-7-10)18-9(2)12-4-3-11(14)5-13(12)15/h3-9,18H,1-2H3,(H,16,17). The maximum absolute atomic E-state index is 6.19. The summed E-state index contributed by atoms with van der Waals surface area (Å²) in [6.07, 6.45) is 3.70. The molecular weight excluding hydrogens is 269 g/mol. The van der Waals surface area contributed by atoms with E-state index in [9.17, 15) is 0 Å². The van der Waals surface area contributed by atoms with Crippen molar-refractivity contribution in [2.45, 2.75) is 25.9 Å². The maximum atomic E-state index is 6.19. The Kier molecular flexibility index (Phi) is 4.27. The van der Waals surface area contributed by atoms with Crippen LogP contribution in [-0.2, 0) is 0 Å². The number of aromatic amines is 1. The minimum Gasteiger partial charge on any atom is -0.303 e. The molecule has 0 aliphatic carbocycles. The lowest BCUT2D eigenvalue weighted by Gasteiger charge is -2.20. The van der Waals surface area contributed by atoms with Crippen LogP contribution in [0, 0.1) is 0 Å². The number of aromatic nitrogens is 2. The molecule has 1 heterocycles. The van der Waals surface area contributed by atoms with Crippen LogP contribution < -0.4 is 5.32 Å². The first kappa shape index (κ1) is 13.4. The third-order valence-corrected chi connectivity index (χ3v) is 3.51. The number of rotatable bonds is 4. The first-order valence-electron chi connectivity index (χ1n) is 5.77. The molecule has 2 unspecified atom stereocenters. The quantitative estimate of drug-likeness (QED) is 0.886. The van der Waals surface area contributed by atoms with E-state index in [2.05, 4.69) is 29.4 Å². The second kappa shape index (κ2) is 5.74. The molecule has 0 spiro atoms. The van der Waals surface area contributed by atoms with Gasteiger partial charge in [-0.1, -0.05) is 29.3 Å². The predicted octanol–water partition coefficient (Wildman–Crippen LogP) is 4.13. The van der Waals surface area contributed by atoms with Crippen LogP contribution in [0.15, 0.2) is 30.6 Å². The van der Waals surface area contributed by atoms with E-state index in [0.717, 1.165) is 11.1 Å². The number of H-pyrrole nitrogens is 1. The Morgan fingerprint density at radius 1 is 1.22 bits per heavy atom. The van der Waals surface area contributed by atoms with Gasteiger partial charge in [-0.05, 0) is 31.5 Å². The van der Waals surface area contributed by atoms with Gasteiger partial charge in [0.2, 0.25) is 0 Å². The van der Waals surface area contributed by atoms with E-state index in [1.54, 1.807) is 6.07 Å². The smallest absolute Gasteiger partial charge is 0.0534 e. The molecule has 2 rings (SSSR count). The highest BCUT2D eigenvalue weighted by Crippen LogP contribution is 2.27. The summed E-state index contributed by atoms with van der Waals surface area (Å²) in [6.45, 7) is 4.16. The van der Waals surface area contributed by atoms with Crippen LogP contribution in [0.5, 0.6) is 0 Å². The van der Waals surface area contributed by atoms with Crippen LogP contribution in [0.2, 0.25) is 10.0 Å². The average molecular weight is 284 g/mol. The zero-order valence-corrected chi connectivity index (χ0v) is 11.8. The van der Waals surface area contributed by atoms with E-state index < -0.39 is 0 Å². The Labute approximate surface area is 117 Å². The molecule has 1 aromatic heterocycles. The van der Waals surface area contributed by atoms with Gasteiger partial charge in [0.25, 0.3) is 0 Å². The zero-order valence-electron chi connectivity index (χ0n) is 10.2. The Balaban J connectivity index is 2.10. The van der Waals surface area contributed by atoms with E-state index in [1.807, 2.05) is 24.5 Å². The van der Waals surface area contributed by atoms with Crippen molar-refractivity contribution in [3.05, 3.63) is 51.8 Å². The minimum absolute atomic E-state index is 0.139. The number of benzene rings is 1. The third-order valence-electron chi connectivity index (χ3n) is 2.95. The first-order chi connectivity index (χ1) is 8.58. The number of nitrogens with one attached hydrogen (secondary N) is 2. The van der Waals surface area contributed by atoms with Gasteiger partial charge in [-0.25, -0.2) is 0 Å². The van der Waals surface area contributed by atoms with Crippen molar-refractivity contribution in [2.75, 3.05) is 0 Å². The van der Waals surface area contributed by atoms with Crippen LogP contribution in [0.3, 0.4) is 0 Å². The minimum atomic E-state index is 0.139. The van der Waals surface area contributed by atoms with Crippen LogP contribution in [-0.4, -0.2) is 10.2 Å². The summed E-state index contributed by atoms with van der Waals surface area (Å²) in [5.74, 6) is 0. The largest absolute Gasteiger partial charge is 0.303 e. The van der Waals surface area contributed by atoms with Gasteiger partial charge in [-0.2, -0.15) is 5.10 Å². The summed E-state index contributed by atoms with van der Waals surface area (Å²) in [5, 5.41) is 11.6. The second-order valence-electron chi connectivity index (χ2n) is 4.31. The molecular formula is C13H15Cl2N3. The van der Waals surface area contributed by atoms with Gasteiger partial charge in [0.15, 0.2) is 0 Å². The summed E-state index contributed by atoms with van der Waals surface area (Å²) in [4.78, 5) is 0. The lowest BCUT2D eigenvalue weighted by molar-refractivity contribution is 0.495. The lowest BCUT2D eigenvalue weighted by atomic mass is 10.1. The van der Waals surface area contributed by atoms with Gasteiger partial charge in [0.1, 0.15) is 0 Å². The molecule has 0 radical (unpaired) electrons. The van der Waals surface area contributed by atoms with Crippen LogP contribution in [0.25, 0.3) is 0 Å². The van der Waals surface area contributed by atoms with Gasteiger partial charge in [-0.15, -0.1) is 0 Å². The Hall–Kier alpha value is -1.03. The van der Waals surface area contributed by atoms with E-state index in [0.29, 0.717) is 10.0 Å². The summed E-state index contributed by atoms with van der Waals surface area (Å²) >= 11 is 12.1. The van der Waals surface area contributed by atoms with Crippen molar-refractivity contribution in [3.63, 3.8) is 0 Å². The molecule has 96 valence electrons. The normalized spacial score (nSPS) is 14.4. The van der Waals surface area contributed by atoms with Crippen molar-refractivity contribution in [1.82, 2.24) is 15.5 Å². The SMILES string of the molecule is CC(NC(C)c1ccc(Cl)cc1Cl)c1cn[nH]c1. The molecule has 3 nitrogen and oxygen atoms in total. The zero-order chi connectivity index (χ0) is 13.1. The molecule has 0 bridgehead atoms. The molecule has 2 aromatic rings. The highest BCUT2D eigenvalue weighted by atomic mass is 35.5. The van der Waals surface area contributed by atoms with Gasteiger partial charge < -0.3 is 5.32 Å². The summed E-state index contributed by atoms with van der Waals surface area (Å²) in [6, 6.07) is 5.90. The summed E-state index contributed by atoms with van der Waals surface area (Å²) in [5.41, 5.74) is 2.16. The predicted molar refractivity (Wildman–Crippen MR) is 75.0 cm³/mol. The fourth-order valence-corrected chi connectivity index (χ4v) is 2.48. The van der Waals surface area contributed by atoms with Crippen LogP contribution in [0.4, 0.5) is 0 Å². The highest BCUT2D eigenvalue weighted by molar-refractivity contribution is 6.35. The van der Waals surface area contributed by atoms with E-state index in [-0.39, 0.29) is 12.1 Å². The van der Waals surface area contributed by atoms with Crippen molar-refractivity contribution in [1.29, 1.82) is 0 Å². The van der Waals surface area contributed by atoms with Gasteiger partial charge in [0.05, 0.1) is 6.20 Å². The van der Waals surface area contributed by atoms with Crippen molar-refractivity contribution in [2.24, 2.45) is 0 Å². The summed E-state index contributed by atoms with van der Waals surface area (Å²) in [7, 11) is 0. The van der Waals surface area contributed by atoms with Gasteiger partial charge >= 0.3 is 0 Å². The van der Waals surface area contributed by atoms with E-state index in [4.69, 9.17) is 23.2 Å². The topological polar surface area (TPSA) is 40.7 Å². The summed E-state index contributed by atoms with van der Waals surface area (Å²) < 4.78 is 0. The molecule has 1 aromatic carbocycles. The molecule has 2 N–H and O–H groups in total. The molecule has 0 saturated carbocycles. The average Bonchev–Trinajstić information content (AvgIpc) is 2.81. The Bertz CT molecular complexity index is 511. The van der Waals surface area contributed by atoms with Gasteiger partial charge in [0, 0.05) is 33.9 Å². The molecule has 0 aliphatic rings. The Morgan fingerprint density at radius 3 is 2.61 bits per heavy atom. The van der Waals surface area contributed by atoms with Crippen molar-refractivity contribution in [3.8, 4) is 0 Å². The van der Waals surface area contributed by atoms with Crippen molar-refractivity contribution >= 4 is 23.2 Å². The first-order valence-corrected chi connectivity index (χ1v) is 6.53. The van der Waals surface area contributed by atoms with E-state index in [1.165, 1.54) is 0 Å². The molecule has 0 saturated heterocycles. The van der Waals surface area contributed by atoms with Crippen LogP contribution in [0.1, 0.15) is 37.1 Å². The third kappa shape index (κ3) is 3.05. The number of nitrogens with zero attached hydrogens (tertiary/aromatic N) is 1.